The van der Waals surface area contributed by atoms with Crippen molar-refractivity contribution in [3.8, 4) is 0 Å². The van der Waals surface area contributed by atoms with Crippen LogP contribution >= 0.6 is 23.4 Å². The fraction of sp³-hybridized carbons (Fsp3) is 0.133. The number of carbonyl (C=O) groups is 1. The number of hydrogen-bond donors (Lipinski definition) is 2. The molecular formula is C15H13ClN2OS. The molecule has 1 aliphatic heterocycles. The largest absolute Gasteiger partial charge is 0.377 e. The van der Waals surface area contributed by atoms with Gasteiger partial charge in [0.25, 0.3) is 0 Å². The molecule has 3 nitrogen and oxygen atoms in total. The molecule has 1 amide bonds. The number of rotatable bonds is 3. The maximum absolute atomic E-state index is 11.3. The molecule has 0 bridgehead atoms. The molecule has 5 heteroatoms. The van der Waals surface area contributed by atoms with Crippen molar-refractivity contribution in [1.82, 2.24) is 0 Å². The second-order valence-electron chi connectivity index (χ2n) is 4.60. The number of nitrogens with two attached hydrogens (primary N) is 1. The molecule has 0 radical (unpaired) electrons. The number of primary amides is 1. The van der Waals surface area contributed by atoms with Crippen molar-refractivity contribution in [2.45, 2.75) is 10.9 Å². The topological polar surface area (TPSA) is 55.1 Å². The Hall–Kier alpha value is -1.65. The van der Waals surface area contributed by atoms with E-state index >= 15 is 0 Å². The van der Waals surface area contributed by atoms with E-state index in [1.165, 1.54) is 10.5 Å². The third-order valence-corrected chi connectivity index (χ3v) is 4.79. The van der Waals surface area contributed by atoms with E-state index < -0.39 is 5.91 Å². The van der Waals surface area contributed by atoms with E-state index in [2.05, 4.69) is 17.4 Å². The first-order chi connectivity index (χ1) is 9.65. The Balaban J connectivity index is 1.86. The van der Waals surface area contributed by atoms with Crippen molar-refractivity contribution in [3.05, 3.63) is 58.6 Å². The lowest BCUT2D eigenvalue weighted by molar-refractivity contribution is 0.100. The number of carbonyl (C=O) groups excluding carboxylic acids is 1. The predicted molar refractivity (Wildman–Crippen MR) is 83.5 cm³/mol. The number of fused-ring (bicyclic) bond motifs is 1. The van der Waals surface area contributed by atoms with Crippen LogP contribution in [0.5, 0.6) is 0 Å². The molecule has 0 fully saturated rings. The Kier molecular flexibility index (Phi) is 3.59. The Morgan fingerprint density at radius 3 is 2.90 bits per heavy atom. The lowest BCUT2D eigenvalue weighted by Crippen LogP contribution is -2.14. The van der Waals surface area contributed by atoms with Gasteiger partial charge in [0, 0.05) is 16.3 Å². The van der Waals surface area contributed by atoms with E-state index in [1.807, 2.05) is 30.0 Å². The molecule has 0 aliphatic carbocycles. The lowest BCUT2D eigenvalue weighted by Gasteiger charge is -2.15. The number of amides is 1. The maximum Gasteiger partial charge on any atom is 0.250 e. The minimum atomic E-state index is -0.514. The SMILES string of the molecule is NC(=O)c1cc(NC2CSc3ccccc32)ccc1Cl. The number of benzene rings is 2. The third kappa shape index (κ3) is 2.49. The van der Waals surface area contributed by atoms with E-state index in [-0.39, 0.29) is 6.04 Å². The summed E-state index contributed by atoms with van der Waals surface area (Å²) >= 11 is 7.78. The van der Waals surface area contributed by atoms with Crippen LogP contribution in [0.1, 0.15) is 22.0 Å². The van der Waals surface area contributed by atoms with Crippen molar-refractivity contribution in [1.29, 1.82) is 0 Å². The zero-order valence-electron chi connectivity index (χ0n) is 10.6. The van der Waals surface area contributed by atoms with Gasteiger partial charge in [0.2, 0.25) is 5.91 Å². The van der Waals surface area contributed by atoms with Crippen LogP contribution in [0, 0.1) is 0 Å². The van der Waals surface area contributed by atoms with Gasteiger partial charge in [0.05, 0.1) is 16.6 Å². The molecule has 3 N–H and O–H groups in total. The summed E-state index contributed by atoms with van der Waals surface area (Å²) in [5.41, 5.74) is 7.79. The molecule has 2 aromatic rings. The fourth-order valence-electron chi connectivity index (χ4n) is 2.29. The highest BCUT2D eigenvalue weighted by atomic mass is 35.5. The molecule has 0 spiro atoms. The molecule has 3 rings (SSSR count). The lowest BCUT2D eigenvalue weighted by atomic mass is 10.1. The Morgan fingerprint density at radius 1 is 1.30 bits per heavy atom. The molecule has 1 aliphatic rings. The van der Waals surface area contributed by atoms with Gasteiger partial charge in [-0.15, -0.1) is 11.8 Å². The maximum atomic E-state index is 11.3. The van der Waals surface area contributed by atoms with Crippen LogP contribution in [0.4, 0.5) is 5.69 Å². The van der Waals surface area contributed by atoms with Gasteiger partial charge < -0.3 is 11.1 Å². The van der Waals surface area contributed by atoms with E-state index in [0.29, 0.717) is 10.6 Å². The Labute approximate surface area is 126 Å². The quantitative estimate of drug-likeness (QED) is 0.909. The van der Waals surface area contributed by atoms with Gasteiger partial charge in [0.1, 0.15) is 0 Å². The van der Waals surface area contributed by atoms with Crippen LogP contribution in [0.25, 0.3) is 0 Å². The zero-order chi connectivity index (χ0) is 14.1. The average Bonchev–Trinajstić information content (AvgIpc) is 2.84. The van der Waals surface area contributed by atoms with E-state index in [4.69, 9.17) is 17.3 Å². The van der Waals surface area contributed by atoms with Gasteiger partial charge in [-0.3, -0.25) is 4.79 Å². The summed E-state index contributed by atoms with van der Waals surface area (Å²) in [6.07, 6.45) is 0. The molecule has 0 saturated heterocycles. The van der Waals surface area contributed by atoms with Crippen LogP contribution < -0.4 is 11.1 Å². The van der Waals surface area contributed by atoms with Gasteiger partial charge in [-0.25, -0.2) is 0 Å². The summed E-state index contributed by atoms with van der Waals surface area (Å²) in [5.74, 6) is 0.452. The highest BCUT2D eigenvalue weighted by molar-refractivity contribution is 7.99. The standard InChI is InChI=1S/C15H13ClN2OS/c16-12-6-5-9(7-11(12)15(17)19)18-13-8-20-14-4-2-1-3-10(13)14/h1-7,13,18H,8H2,(H2,17,19). The van der Waals surface area contributed by atoms with Crippen LogP contribution in [-0.4, -0.2) is 11.7 Å². The van der Waals surface area contributed by atoms with E-state index in [0.717, 1.165) is 11.4 Å². The smallest absolute Gasteiger partial charge is 0.250 e. The number of halogens is 1. The summed E-state index contributed by atoms with van der Waals surface area (Å²) in [4.78, 5) is 12.6. The van der Waals surface area contributed by atoms with Gasteiger partial charge in [-0.1, -0.05) is 29.8 Å². The monoisotopic (exact) mass is 304 g/mol. The van der Waals surface area contributed by atoms with E-state index in [1.54, 1.807) is 12.1 Å². The molecule has 1 unspecified atom stereocenters. The Bertz CT molecular complexity index is 675. The minimum Gasteiger partial charge on any atom is -0.377 e. The first kappa shape index (κ1) is 13.3. The molecule has 1 atom stereocenters. The fourth-order valence-corrected chi connectivity index (χ4v) is 3.66. The number of anilines is 1. The second-order valence-corrected chi connectivity index (χ2v) is 6.07. The summed E-state index contributed by atoms with van der Waals surface area (Å²) in [5, 5.41) is 3.81. The molecule has 20 heavy (non-hydrogen) atoms. The summed E-state index contributed by atoms with van der Waals surface area (Å²) in [6, 6.07) is 13.8. The molecule has 102 valence electrons. The first-order valence-corrected chi connectivity index (χ1v) is 7.59. The molecule has 2 aromatic carbocycles. The van der Waals surface area contributed by atoms with Crippen LogP contribution in [0.3, 0.4) is 0 Å². The zero-order valence-corrected chi connectivity index (χ0v) is 12.2. The third-order valence-electron chi connectivity index (χ3n) is 3.27. The van der Waals surface area contributed by atoms with Gasteiger partial charge >= 0.3 is 0 Å². The molecule has 0 aromatic heterocycles. The van der Waals surface area contributed by atoms with Crippen molar-refractivity contribution in [2.75, 3.05) is 11.1 Å². The highest BCUT2D eigenvalue weighted by Crippen LogP contribution is 2.39. The summed E-state index contributed by atoms with van der Waals surface area (Å²) in [6.45, 7) is 0. The Morgan fingerprint density at radius 2 is 2.10 bits per heavy atom. The van der Waals surface area contributed by atoms with Crippen molar-refractivity contribution < 1.29 is 4.79 Å². The second kappa shape index (κ2) is 5.38. The van der Waals surface area contributed by atoms with Crippen LogP contribution in [-0.2, 0) is 0 Å². The molecular weight excluding hydrogens is 292 g/mol. The van der Waals surface area contributed by atoms with Crippen molar-refractivity contribution in [2.24, 2.45) is 5.73 Å². The number of hydrogen-bond acceptors (Lipinski definition) is 3. The first-order valence-electron chi connectivity index (χ1n) is 6.23. The van der Waals surface area contributed by atoms with Crippen molar-refractivity contribution >= 4 is 35.0 Å². The minimum absolute atomic E-state index is 0.234. The van der Waals surface area contributed by atoms with Crippen LogP contribution in [0.15, 0.2) is 47.4 Å². The summed E-state index contributed by atoms with van der Waals surface area (Å²) in [7, 11) is 0. The van der Waals surface area contributed by atoms with E-state index in [9.17, 15) is 4.79 Å². The predicted octanol–water partition coefficient (Wildman–Crippen LogP) is 3.70. The van der Waals surface area contributed by atoms with Crippen molar-refractivity contribution in [3.63, 3.8) is 0 Å². The van der Waals surface area contributed by atoms with Gasteiger partial charge in [-0.2, -0.15) is 0 Å². The molecule has 1 heterocycles. The number of thioether (sulfide) groups is 1. The van der Waals surface area contributed by atoms with Crippen LogP contribution in [0.2, 0.25) is 5.02 Å². The normalized spacial score (nSPS) is 16.8. The summed E-state index contributed by atoms with van der Waals surface area (Å²) < 4.78 is 0. The highest BCUT2D eigenvalue weighted by Gasteiger charge is 2.22. The average molecular weight is 305 g/mol. The van der Waals surface area contributed by atoms with Gasteiger partial charge in [0.15, 0.2) is 0 Å². The molecule has 0 saturated carbocycles. The van der Waals surface area contributed by atoms with Gasteiger partial charge in [-0.05, 0) is 29.8 Å². The number of nitrogens with one attached hydrogen (secondary N) is 1.